The van der Waals surface area contributed by atoms with Gasteiger partial charge in [0.15, 0.2) is 0 Å². The Morgan fingerprint density at radius 2 is 1.76 bits per heavy atom. The van der Waals surface area contributed by atoms with E-state index in [1.807, 2.05) is 0 Å². The molecule has 176 valence electrons. The highest BCUT2D eigenvalue weighted by Gasteiger charge is 2.40. The average molecular weight is 447 g/mol. The van der Waals surface area contributed by atoms with Crippen LogP contribution in [0.25, 0.3) is 0 Å². The molecular formula is C29H38N2O2. The maximum Gasteiger partial charge on any atom is 0.226 e. The number of carbonyl (C=O) groups is 1. The first-order valence-corrected chi connectivity index (χ1v) is 13.1. The van der Waals surface area contributed by atoms with E-state index in [4.69, 9.17) is 4.74 Å². The Labute approximate surface area is 198 Å². The number of nitrogens with one attached hydrogen (secondary N) is 1. The smallest absolute Gasteiger partial charge is 0.226 e. The minimum atomic E-state index is 0.102. The number of nitrogens with zero attached hydrogens (tertiary/aromatic N) is 1. The Hall–Kier alpha value is -2.33. The lowest BCUT2D eigenvalue weighted by Gasteiger charge is -2.33. The van der Waals surface area contributed by atoms with Crippen LogP contribution in [0.15, 0.2) is 42.5 Å². The molecule has 1 heterocycles. The van der Waals surface area contributed by atoms with Crippen molar-refractivity contribution in [3.8, 4) is 5.75 Å². The summed E-state index contributed by atoms with van der Waals surface area (Å²) in [4.78, 5) is 15.7. The van der Waals surface area contributed by atoms with Crippen molar-refractivity contribution < 1.29 is 9.53 Å². The topological polar surface area (TPSA) is 41.6 Å². The lowest BCUT2D eigenvalue weighted by molar-refractivity contribution is -0.137. The standard InChI is InChI=1S/C29H38N2O2/c1-2-33-27-19-24-15-9-14-23(24)18-25(27)20-30-26-16-17-31(28(26)21-10-5-3-6-11-21)29(32)22-12-7-4-8-13-22/h3,5-6,10-11,18-19,22,26,28,30H,2,4,7-9,12-17,20H2,1H3. The zero-order valence-corrected chi connectivity index (χ0v) is 20.0. The maximum atomic E-state index is 13.5. The molecule has 2 aliphatic carbocycles. The van der Waals surface area contributed by atoms with Crippen molar-refractivity contribution in [1.82, 2.24) is 10.2 Å². The number of carbonyl (C=O) groups excluding carboxylic acids is 1. The van der Waals surface area contributed by atoms with Gasteiger partial charge < -0.3 is 15.0 Å². The second-order valence-electron chi connectivity index (χ2n) is 10.0. The van der Waals surface area contributed by atoms with Crippen molar-refractivity contribution in [1.29, 1.82) is 0 Å². The van der Waals surface area contributed by atoms with E-state index in [0.717, 1.165) is 38.1 Å². The van der Waals surface area contributed by atoms with Crippen LogP contribution in [0.3, 0.4) is 0 Å². The highest BCUT2D eigenvalue weighted by molar-refractivity contribution is 5.80. The molecule has 0 spiro atoms. The number of fused-ring (bicyclic) bond motifs is 1. The molecule has 2 aromatic carbocycles. The number of aryl methyl sites for hydroxylation is 2. The molecular weight excluding hydrogens is 408 g/mol. The Kier molecular flexibility index (Phi) is 7.01. The summed E-state index contributed by atoms with van der Waals surface area (Å²) >= 11 is 0. The van der Waals surface area contributed by atoms with Crippen LogP contribution >= 0.6 is 0 Å². The van der Waals surface area contributed by atoms with Crippen molar-refractivity contribution in [2.75, 3.05) is 13.2 Å². The molecule has 1 saturated heterocycles. The van der Waals surface area contributed by atoms with E-state index in [1.165, 1.54) is 60.8 Å². The van der Waals surface area contributed by atoms with Gasteiger partial charge in [-0.05, 0) is 68.2 Å². The van der Waals surface area contributed by atoms with Gasteiger partial charge in [0.25, 0.3) is 0 Å². The Morgan fingerprint density at radius 1 is 1.00 bits per heavy atom. The lowest BCUT2D eigenvalue weighted by Crippen LogP contribution is -2.41. The second kappa shape index (κ2) is 10.3. The van der Waals surface area contributed by atoms with E-state index in [0.29, 0.717) is 12.5 Å². The van der Waals surface area contributed by atoms with Gasteiger partial charge in [-0.15, -0.1) is 0 Å². The van der Waals surface area contributed by atoms with E-state index < -0.39 is 0 Å². The van der Waals surface area contributed by atoms with Gasteiger partial charge in [0, 0.05) is 30.6 Å². The minimum Gasteiger partial charge on any atom is -0.494 e. The van der Waals surface area contributed by atoms with Gasteiger partial charge in [-0.25, -0.2) is 0 Å². The first-order chi connectivity index (χ1) is 16.2. The molecule has 33 heavy (non-hydrogen) atoms. The molecule has 1 aliphatic heterocycles. The van der Waals surface area contributed by atoms with Crippen LogP contribution in [0.4, 0.5) is 0 Å². The number of benzene rings is 2. The number of rotatable bonds is 7. The van der Waals surface area contributed by atoms with Gasteiger partial charge in [-0.3, -0.25) is 4.79 Å². The predicted octanol–water partition coefficient (Wildman–Crippen LogP) is 5.59. The summed E-state index contributed by atoms with van der Waals surface area (Å²) in [6.07, 6.45) is 10.4. The molecule has 2 atom stereocenters. The number of amides is 1. The molecule has 4 nitrogen and oxygen atoms in total. The fraction of sp³-hybridized carbons (Fsp3) is 0.552. The van der Waals surface area contributed by atoms with Crippen LogP contribution < -0.4 is 10.1 Å². The Balaban J connectivity index is 1.36. The van der Waals surface area contributed by atoms with Crippen LogP contribution in [-0.2, 0) is 24.2 Å². The minimum absolute atomic E-state index is 0.102. The zero-order chi connectivity index (χ0) is 22.6. The third-order valence-electron chi connectivity index (χ3n) is 7.91. The molecule has 0 aromatic heterocycles. The monoisotopic (exact) mass is 446 g/mol. The first kappa shape index (κ1) is 22.5. The normalized spacial score (nSPS) is 23.0. The molecule has 1 saturated carbocycles. The predicted molar refractivity (Wildman–Crippen MR) is 132 cm³/mol. The van der Waals surface area contributed by atoms with Crippen molar-refractivity contribution >= 4 is 5.91 Å². The van der Waals surface area contributed by atoms with Gasteiger partial charge in [0.05, 0.1) is 12.6 Å². The van der Waals surface area contributed by atoms with E-state index in [2.05, 4.69) is 59.6 Å². The summed E-state index contributed by atoms with van der Waals surface area (Å²) in [5.74, 6) is 1.61. The summed E-state index contributed by atoms with van der Waals surface area (Å²) in [6, 6.07) is 15.6. The van der Waals surface area contributed by atoms with Gasteiger partial charge >= 0.3 is 0 Å². The van der Waals surface area contributed by atoms with Crippen molar-refractivity contribution in [2.24, 2.45) is 5.92 Å². The van der Waals surface area contributed by atoms with Crippen LogP contribution in [-0.4, -0.2) is 30.0 Å². The SMILES string of the molecule is CCOc1cc2c(cc1CNC1CCN(C(=O)C3CCCCC3)C1c1ccccc1)CCC2. The molecule has 3 aliphatic rings. The van der Waals surface area contributed by atoms with E-state index >= 15 is 0 Å². The highest BCUT2D eigenvalue weighted by atomic mass is 16.5. The second-order valence-corrected chi connectivity index (χ2v) is 10.0. The quantitative estimate of drug-likeness (QED) is 0.603. The Morgan fingerprint density at radius 3 is 2.52 bits per heavy atom. The molecule has 0 radical (unpaired) electrons. The third kappa shape index (κ3) is 4.82. The third-order valence-corrected chi connectivity index (χ3v) is 7.91. The fourth-order valence-electron chi connectivity index (χ4n) is 6.22. The largest absolute Gasteiger partial charge is 0.494 e. The molecule has 0 bridgehead atoms. The highest BCUT2D eigenvalue weighted by Crippen LogP contribution is 2.37. The number of hydrogen-bond acceptors (Lipinski definition) is 3. The maximum absolute atomic E-state index is 13.5. The van der Waals surface area contributed by atoms with E-state index in [9.17, 15) is 4.79 Å². The van der Waals surface area contributed by atoms with Gasteiger partial charge in [0.2, 0.25) is 5.91 Å². The molecule has 4 heteroatoms. The summed E-state index contributed by atoms with van der Waals surface area (Å²) in [7, 11) is 0. The molecule has 1 N–H and O–H groups in total. The zero-order valence-electron chi connectivity index (χ0n) is 20.0. The van der Waals surface area contributed by atoms with Gasteiger partial charge in [0.1, 0.15) is 5.75 Å². The molecule has 2 unspecified atom stereocenters. The van der Waals surface area contributed by atoms with Crippen LogP contribution in [0.1, 0.15) is 80.2 Å². The van der Waals surface area contributed by atoms with Crippen molar-refractivity contribution in [3.63, 3.8) is 0 Å². The van der Waals surface area contributed by atoms with Gasteiger partial charge in [-0.1, -0.05) is 55.7 Å². The fourth-order valence-corrected chi connectivity index (χ4v) is 6.22. The van der Waals surface area contributed by atoms with E-state index in [-0.39, 0.29) is 18.0 Å². The van der Waals surface area contributed by atoms with Crippen molar-refractivity contribution in [3.05, 3.63) is 64.7 Å². The first-order valence-electron chi connectivity index (χ1n) is 13.1. The summed E-state index contributed by atoms with van der Waals surface area (Å²) in [5, 5.41) is 3.85. The number of ether oxygens (including phenoxy) is 1. The average Bonchev–Trinajstić information content (AvgIpc) is 3.50. The molecule has 2 aromatic rings. The lowest BCUT2D eigenvalue weighted by atomic mass is 9.87. The summed E-state index contributed by atoms with van der Waals surface area (Å²) in [6.45, 7) is 4.37. The summed E-state index contributed by atoms with van der Waals surface area (Å²) < 4.78 is 6.02. The Bertz CT molecular complexity index is 952. The molecule has 5 rings (SSSR count). The van der Waals surface area contributed by atoms with E-state index in [1.54, 1.807) is 0 Å². The number of hydrogen-bond donors (Lipinski definition) is 1. The van der Waals surface area contributed by atoms with Crippen LogP contribution in [0, 0.1) is 5.92 Å². The molecule has 2 fully saturated rings. The van der Waals surface area contributed by atoms with Gasteiger partial charge in [-0.2, -0.15) is 0 Å². The summed E-state index contributed by atoms with van der Waals surface area (Å²) in [5.41, 5.74) is 5.43. The van der Waals surface area contributed by atoms with Crippen LogP contribution in [0.2, 0.25) is 0 Å². The number of likely N-dealkylation sites (tertiary alicyclic amines) is 1. The van der Waals surface area contributed by atoms with Crippen molar-refractivity contribution in [2.45, 2.75) is 83.3 Å². The van der Waals surface area contributed by atoms with Crippen LogP contribution in [0.5, 0.6) is 5.75 Å². The molecule has 1 amide bonds.